The van der Waals surface area contributed by atoms with Crippen LogP contribution < -0.4 is 0 Å². The Labute approximate surface area is 130 Å². The molecule has 1 aliphatic heterocycles. The highest BCUT2D eigenvalue weighted by atomic mass is 79.9. The molecule has 1 aromatic carbocycles. The molecule has 1 aromatic rings. The van der Waals surface area contributed by atoms with Crippen LogP contribution in [0, 0.1) is 5.82 Å². The zero-order valence-corrected chi connectivity index (χ0v) is 13.2. The third-order valence-corrected chi connectivity index (χ3v) is 3.87. The molecule has 1 aliphatic rings. The van der Waals surface area contributed by atoms with E-state index in [2.05, 4.69) is 15.9 Å². The van der Waals surface area contributed by atoms with Crippen LogP contribution >= 0.6 is 15.9 Å². The van der Waals surface area contributed by atoms with Crippen LogP contribution in [0.4, 0.5) is 9.18 Å². The van der Waals surface area contributed by atoms with Crippen LogP contribution in [0.15, 0.2) is 22.7 Å². The van der Waals surface area contributed by atoms with E-state index in [1.165, 1.54) is 18.2 Å². The quantitative estimate of drug-likeness (QED) is 0.815. The van der Waals surface area contributed by atoms with Crippen molar-refractivity contribution in [1.29, 1.82) is 0 Å². The number of benzene rings is 1. The average Bonchev–Trinajstić information content (AvgIpc) is 2.50. The second-order valence-electron chi connectivity index (χ2n) is 4.61. The zero-order valence-electron chi connectivity index (χ0n) is 11.6. The molecule has 114 valence electrons. The predicted octanol–water partition coefficient (Wildman–Crippen LogP) is 2.50. The number of ether oxygens (including phenoxy) is 1. The molecule has 0 aliphatic carbocycles. The highest BCUT2D eigenvalue weighted by molar-refractivity contribution is 9.10. The number of hydrogen-bond donors (Lipinski definition) is 0. The van der Waals surface area contributed by atoms with Crippen molar-refractivity contribution in [3.8, 4) is 0 Å². The Morgan fingerprint density at radius 1 is 1.24 bits per heavy atom. The van der Waals surface area contributed by atoms with Gasteiger partial charge in [-0.05, 0) is 41.1 Å². The van der Waals surface area contributed by atoms with Gasteiger partial charge >= 0.3 is 6.09 Å². The van der Waals surface area contributed by atoms with E-state index in [4.69, 9.17) is 4.74 Å². The van der Waals surface area contributed by atoms with E-state index in [0.717, 1.165) is 0 Å². The van der Waals surface area contributed by atoms with Crippen molar-refractivity contribution in [2.75, 3.05) is 32.8 Å². The molecule has 1 saturated heterocycles. The number of rotatable bonds is 2. The Morgan fingerprint density at radius 3 is 2.43 bits per heavy atom. The maximum atomic E-state index is 13.2. The SMILES string of the molecule is CCOC(=O)N1CCN(C(=O)c2ccc(F)c(Br)c2)CC1. The van der Waals surface area contributed by atoms with Gasteiger partial charge in [-0.3, -0.25) is 4.79 Å². The summed E-state index contributed by atoms with van der Waals surface area (Å²) < 4.78 is 18.4. The summed E-state index contributed by atoms with van der Waals surface area (Å²) in [4.78, 5) is 27.1. The molecular formula is C14H16BrFN2O3. The maximum Gasteiger partial charge on any atom is 0.409 e. The van der Waals surface area contributed by atoms with Crippen LogP contribution in [0.25, 0.3) is 0 Å². The van der Waals surface area contributed by atoms with Gasteiger partial charge in [-0.2, -0.15) is 0 Å². The Kier molecular flexibility index (Phi) is 5.17. The molecule has 0 aromatic heterocycles. The smallest absolute Gasteiger partial charge is 0.409 e. The van der Waals surface area contributed by atoms with Crippen LogP contribution in [0.1, 0.15) is 17.3 Å². The van der Waals surface area contributed by atoms with Gasteiger partial charge in [0.15, 0.2) is 0 Å². The minimum Gasteiger partial charge on any atom is -0.450 e. The van der Waals surface area contributed by atoms with Crippen LogP contribution in [0.3, 0.4) is 0 Å². The third-order valence-electron chi connectivity index (χ3n) is 3.26. The van der Waals surface area contributed by atoms with Gasteiger partial charge in [0.2, 0.25) is 0 Å². The molecule has 5 nitrogen and oxygen atoms in total. The molecule has 2 amide bonds. The predicted molar refractivity (Wildman–Crippen MR) is 78.6 cm³/mol. The van der Waals surface area contributed by atoms with Gasteiger partial charge in [0.25, 0.3) is 5.91 Å². The fourth-order valence-electron chi connectivity index (χ4n) is 2.12. The number of carbonyl (C=O) groups is 2. The van der Waals surface area contributed by atoms with E-state index in [-0.39, 0.29) is 16.5 Å². The first-order valence-electron chi connectivity index (χ1n) is 6.69. The van der Waals surface area contributed by atoms with Gasteiger partial charge in [0, 0.05) is 31.7 Å². The molecule has 0 spiro atoms. The van der Waals surface area contributed by atoms with Crippen molar-refractivity contribution in [3.63, 3.8) is 0 Å². The van der Waals surface area contributed by atoms with Crippen molar-refractivity contribution in [1.82, 2.24) is 9.80 Å². The molecule has 0 N–H and O–H groups in total. The molecule has 1 heterocycles. The lowest BCUT2D eigenvalue weighted by Crippen LogP contribution is -2.50. The first-order valence-corrected chi connectivity index (χ1v) is 7.48. The Balaban J connectivity index is 1.97. The van der Waals surface area contributed by atoms with Crippen LogP contribution in [-0.4, -0.2) is 54.6 Å². The number of nitrogens with zero attached hydrogens (tertiary/aromatic N) is 2. The summed E-state index contributed by atoms with van der Waals surface area (Å²) in [5.41, 5.74) is 0.424. The Hall–Kier alpha value is -1.63. The molecule has 0 unspecified atom stereocenters. The normalized spacial score (nSPS) is 15.0. The summed E-state index contributed by atoms with van der Waals surface area (Å²) >= 11 is 3.07. The minimum absolute atomic E-state index is 0.167. The molecular weight excluding hydrogens is 343 g/mol. The van der Waals surface area contributed by atoms with Crippen LogP contribution in [0.5, 0.6) is 0 Å². The summed E-state index contributed by atoms with van der Waals surface area (Å²) in [5.74, 6) is -0.571. The molecule has 1 fully saturated rings. The van der Waals surface area contributed by atoms with Crippen molar-refractivity contribution in [2.24, 2.45) is 0 Å². The zero-order chi connectivity index (χ0) is 15.4. The second kappa shape index (κ2) is 6.89. The van der Waals surface area contributed by atoms with Crippen molar-refractivity contribution in [2.45, 2.75) is 6.92 Å². The molecule has 0 bridgehead atoms. The largest absolute Gasteiger partial charge is 0.450 e. The van der Waals surface area contributed by atoms with Gasteiger partial charge in [-0.25, -0.2) is 9.18 Å². The van der Waals surface area contributed by atoms with Gasteiger partial charge in [-0.1, -0.05) is 0 Å². The first kappa shape index (κ1) is 15.8. The number of amides is 2. The summed E-state index contributed by atoms with van der Waals surface area (Å²) in [7, 11) is 0. The van der Waals surface area contributed by atoms with Gasteiger partial charge in [-0.15, -0.1) is 0 Å². The summed E-state index contributed by atoms with van der Waals surface area (Å²) in [6.07, 6.45) is -0.353. The summed E-state index contributed by atoms with van der Waals surface area (Å²) in [5, 5.41) is 0. The van der Waals surface area contributed by atoms with Crippen LogP contribution in [-0.2, 0) is 4.74 Å². The van der Waals surface area contributed by atoms with E-state index in [1.54, 1.807) is 16.7 Å². The number of halogens is 2. The fourth-order valence-corrected chi connectivity index (χ4v) is 2.50. The van der Waals surface area contributed by atoms with Crippen molar-refractivity contribution in [3.05, 3.63) is 34.1 Å². The lowest BCUT2D eigenvalue weighted by Gasteiger charge is -2.34. The number of piperazine rings is 1. The first-order chi connectivity index (χ1) is 10.0. The molecule has 0 radical (unpaired) electrons. The highest BCUT2D eigenvalue weighted by Crippen LogP contribution is 2.18. The summed E-state index contributed by atoms with van der Waals surface area (Å²) in [6, 6.07) is 4.18. The molecule has 7 heteroatoms. The second-order valence-corrected chi connectivity index (χ2v) is 5.46. The minimum atomic E-state index is -0.404. The number of hydrogen-bond acceptors (Lipinski definition) is 3. The number of carbonyl (C=O) groups excluding carboxylic acids is 2. The third kappa shape index (κ3) is 3.72. The van der Waals surface area contributed by atoms with E-state index in [0.29, 0.717) is 38.3 Å². The molecule has 21 heavy (non-hydrogen) atoms. The van der Waals surface area contributed by atoms with Gasteiger partial charge in [0.05, 0.1) is 11.1 Å². The average molecular weight is 359 g/mol. The van der Waals surface area contributed by atoms with Gasteiger partial charge < -0.3 is 14.5 Å². The van der Waals surface area contributed by atoms with Crippen LogP contribution in [0.2, 0.25) is 0 Å². The monoisotopic (exact) mass is 358 g/mol. The lowest BCUT2D eigenvalue weighted by molar-refractivity contribution is 0.0570. The lowest BCUT2D eigenvalue weighted by atomic mass is 10.2. The van der Waals surface area contributed by atoms with E-state index in [9.17, 15) is 14.0 Å². The fraction of sp³-hybridized carbons (Fsp3) is 0.429. The highest BCUT2D eigenvalue weighted by Gasteiger charge is 2.25. The van der Waals surface area contributed by atoms with E-state index < -0.39 is 5.82 Å². The van der Waals surface area contributed by atoms with Crippen molar-refractivity contribution < 1.29 is 18.7 Å². The Morgan fingerprint density at radius 2 is 1.86 bits per heavy atom. The molecule has 2 rings (SSSR count). The molecule has 0 atom stereocenters. The maximum absolute atomic E-state index is 13.2. The van der Waals surface area contributed by atoms with E-state index >= 15 is 0 Å². The topological polar surface area (TPSA) is 49.9 Å². The molecule has 0 saturated carbocycles. The van der Waals surface area contributed by atoms with E-state index in [1.807, 2.05) is 0 Å². The van der Waals surface area contributed by atoms with Gasteiger partial charge in [0.1, 0.15) is 5.82 Å². The van der Waals surface area contributed by atoms with Crippen molar-refractivity contribution >= 4 is 27.9 Å². The standard InChI is InChI=1S/C14H16BrFN2O3/c1-2-21-14(20)18-7-5-17(6-8-18)13(19)10-3-4-12(16)11(15)9-10/h3-4,9H,2,5-8H2,1H3. The summed E-state index contributed by atoms with van der Waals surface area (Å²) in [6.45, 7) is 3.84. The Bertz CT molecular complexity index is 545.